The van der Waals surface area contributed by atoms with E-state index in [0.717, 1.165) is 0 Å². The van der Waals surface area contributed by atoms with Crippen molar-refractivity contribution in [2.75, 3.05) is 20.3 Å². The molecule has 1 aromatic rings. The fourth-order valence-electron chi connectivity index (χ4n) is 3.44. The maximum atomic E-state index is 13.1. The molecule has 2 bridgehead atoms. The van der Waals surface area contributed by atoms with Crippen LogP contribution >= 0.6 is 0 Å². The van der Waals surface area contributed by atoms with Gasteiger partial charge in [0.15, 0.2) is 5.78 Å². The third kappa shape index (κ3) is 2.72. The zero-order chi connectivity index (χ0) is 15.0. The van der Waals surface area contributed by atoms with Crippen molar-refractivity contribution in [3.8, 4) is 0 Å². The van der Waals surface area contributed by atoms with Gasteiger partial charge in [0.2, 0.25) is 0 Å². The number of ether oxygens (including phenoxy) is 1. The average Bonchev–Trinajstić information content (AvgIpc) is 2.46. The number of ketones is 1. The lowest BCUT2D eigenvalue weighted by atomic mass is 9.80. The number of Topliss-reactive ketones (excluding diaryl/α,β-unsaturated/α-hetero) is 1. The first-order valence-corrected chi connectivity index (χ1v) is 7.29. The van der Waals surface area contributed by atoms with Crippen LogP contribution in [0.15, 0.2) is 24.3 Å². The number of rotatable bonds is 3. The van der Waals surface area contributed by atoms with Gasteiger partial charge in [0, 0.05) is 29.1 Å². The summed E-state index contributed by atoms with van der Waals surface area (Å²) in [7, 11) is 2.05. The highest BCUT2D eigenvalue weighted by atomic mass is 19.3. The minimum atomic E-state index is -2.61. The van der Waals surface area contributed by atoms with Crippen LogP contribution in [-0.4, -0.2) is 43.0 Å². The Morgan fingerprint density at radius 2 is 1.86 bits per heavy atom. The Balaban J connectivity index is 1.83. The first-order valence-electron chi connectivity index (χ1n) is 7.29. The van der Waals surface area contributed by atoms with Gasteiger partial charge in [0.05, 0.1) is 13.2 Å². The van der Waals surface area contributed by atoms with Gasteiger partial charge in [-0.1, -0.05) is 24.3 Å². The zero-order valence-electron chi connectivity index (χ0n) is 12.0. The summed E-state index contributed by atoms with van der Waals surface area (Å²) in [4.78, 5) is 14.9. The molecule has 0 spiro atoms. The molecule has 2 atom stereocenters. The van der Waals surface area contributed by atoms with Crippen LogP contribution in [0.5, 0.6) is 0 Å². The second-order valence-corrected chi connectivity index (χ2v) is 5.93. The molecule has 3 rings (SSSR count). The Labute approximate surface area is 122 Å². The molecule has 21 heavy (non-hydrogen) atoms. The van der Waals surface area contributed by atoms with Gasteiger partial charge in [-0.3, -0.25) is 9.69 Å². The van der Waals surface area contributed by atoms with Gasteiger partial charge in [-0.25, -0.2) is 8.78 Å². The molecule has 2 aliphatic rings. The average molecular weight is 295 g/mol. The molecule has 3 nitrogen and oxygen atoms in total. The minimum Gasteiger partial charge on any atom is -0.378 e. The van der Waals surface area contributed by atoms with Crippen LogP contribution in [0.4, 0.5) is 8.78 Å². The molecule has 2 unspecified atom stereocenters. The summed E-state index contributed by atoms with van der Waals surface area (Å²) in [5.41, 5.74) is 0.0314. The molecule has 2 fully saturated rings. The SMILES string of the molecule is CN1C2COCC1CC(C(=O)c1ccccc1C(F)F)C2. The number of carbonyl (C=O) groups excluding carboxylic acids is 1. The fraction of sp³-hybridized carbons (Fsp3) is 0.562. The predicted molar refractivity (Wildman–Crippen MR) is 74.6 cm³/mol. The second kappa shape index (κ2) is 5.81. The number of piperidine rings is 1. The zero-order valence-corrected chi connectivity index (χ0v) is 12.0. The third-order valence-corrected chi connectivity index (χ3v) is 4.72. The van der Waals surface area contributed by atoms with Crippen molar-refractivity contribution >= 4 is 5.78 Å². The van der Waals surface area contributed by atoms with E-state index in [-0.39, 0.29) is 34.9 Å². The first-order chi connectivity index (χ1) is 10.1. The molecule has 0 aromatic heterocycles. The molecule has 0 aliphatic carbocycles. The molecule has 114 valence electrons. The van der Waals surface area contributed by atoms with E-state index in [1.54, 1.807) is 12.1 Å². The van der Waals surface area contributed by atoms with Crippen molar-refractivity contribution in [2.45, 2.75) is 31.4 Å². The van der Waals surface area contributed by atoms with E-state index in [0.29, 0.717) is 26.1 Å². The molecule has 0 N–H and O–H groups in total. The molecular weight excluding hydrogens is 276 g/mol. The maximum absolute atomic E-state index is 13.1. The number of fused-ring (bicyclic) bond motifs is 2. The molecule has 0 radical (unpaired) electrons. The summed E-state index contributed by atoms with van der Waals surface area (Å²) in [6.07, 6.45) is -1.24. The van der Waals surface area contributed by atoms with Crippen LogP contribution in [0.25, 0.3) is 0 Å². The number of carbonyl (C=O) groups is 1. The number of likely N-dealkylation sites (N-methyl/N-ethyl adjacent to an activating group) is 1. The lowest BCUT2D eigenvalue weighted by molar-refractivity contribution is -0.0702. The monoisotopic (exact) mass is 295 g/mol. The number of morpholine rings is 1. The van der Waals surface area contributed by atoms with Gasteiger partial charge in [-0.2, -0.15) is 0 Å². The summed E-state index contributed by atoms with van der Waals surface area (Å²) in [5.74, 6) is -0.323. The van der Waals surface area contributed by atoms with E-state index in [1.165, 1.54) is 12.1 Å². The van der Waals surface area contributed by atoms with Gasteiger partial charge in [-0.05, 0) is 19.9 Å². The summed E-state index contributed by atoms with van der Waals surface area (Å²) in [5, 5.41) is 0. The van der Waals surface area contributed by atoms with E-state index in [9.17, 15) is 13.6 Å². The van der Waals surface area contributed by atoms with Gasteiger partial charge in [0.25, 0.3) is 6.43 Å². The molecule has 0 amide bonds. The number of hydrogen-bond donors (Lipinski definition) is 0. The Hall–Kier alpha value is -1.33. The van der Waals surface area contributed by atoms with Gasteiger partial charge in [-0.15, -0.1) is 0 Å². The van der Waals surface area contributed by atoms with Gasteiger partial charge >= 0.3 is 0 Å². The molecule has 5 heteroatoms. The Bertz CT molecular complexity index is 521. The van der Waals surface area contributed by atoms with Crippen molar-refractivity contribution < 1.29 is 18.3 Å². The van der Waals surface area contributed by atoms with Crippen molar-refractivity contribution in [3.05, 3.63) is 35.4 Å². The normalized spacial score (nSPS) is 29.6. The fourth-order valence-corrected chi connectivity index (χ4v) is 3.44. The second-order valence-electron chi connectivity index (χ2n) is 5.93. The smallest absolute Gasteiger partial charge is 0.264 e. The molecular formula is C16H19F2NO2. The van der Waals surface area contributed by atoms with E-state index in [1.807, 2.05) is 7.05 Å². The van der Waals surface area contributed by atoms with Crippen molar-refractivity contribution in [1.29, 1.82) is 0 Å². The largest absolute Gasteiger partial charge is 0.378 e. The van der Waals surface area contributed by atoms with Crippen molar-refractivity contribution in [3.63, 3.8) is 0 Å². The Morgan fingerprint density at radius 1 is 1.24 bits per heavy atom. The molecule has 0 saturated carbocycles. The third-order valence-electron chi connectivity index (χ3n) is 4.72. The Kier molecular flexibility index (Phi) is 4.04. The highest BCUT2D eigenvalue weighted by Crippen LogP contribution is 2.34. The van der Waals surface area contributed by atoms with Crippen molar-refractivity contribution in [2.24, 2.45) is 5.92 Å². The minimum absolute atomic E-state index is 0.143. The quantitative estimate of drug-likeness (QED) is 0.803. The number of benzene rings is 1. The summed E-state index contributed by atoms with van der Waals surface area (Å²) >= 11 is 0. The topological polar surface area (TPSA) is 29.5 Å². The van der Waals surface area contributed by atoms with Crippen LogP contribution in [0.3, 0.4) is 0 Å². The van der Waals surface area contributed by atoms with Gasteiger partial charge < -0.3 is 4.74 Å². The van der Waals surface area contributed by atoms with Crippen LogP contribution in [0, 0.1) is 5.92 Å². The van der Waals surface area contributed by atoms with E-state index >= 15 is 0 Å². The number of halogens is 2. The lowest BCUT2D eigenvalue weighted by Crippen LogP contribution is -2.55. The van der Waals surface area contributed by atoms with Crippen LogP contribution < -0.4 is 0 Å². The van der Waals surface area contributed by atoms with Crippen LogP contribution in [-0.2, 0) is 4.74 Å². The Morgan fingerprint density at radius 3 is 2.48 bits per heavy atom. The number of hydrogen-bond acceptors (Lipinski definition) is 3. The molecule has 1 aromatic carbocycles. The van der Waals surface area contributed by atoms with Crippen LogP contribution in [0.1, 0.15) is 35.2 Å². The number of nitrogens with zero attached hydrogens (tertiary/aromatic N) is 1. The van der Waals surface area contributed by atoms with E-state index < -0.39 is 6.43 Å². The van der Waals surface area contributed by atoms with E-state index in [2.05, 4.69) is 4.90 Å². The van der Waals surface area contributed by atoms with E-state index in [4.69, 9.17) is 4.74 Å². The summed E-state index contributed by atoms with van der Waals surface area (Å²) in [6.45, 7) is 1.24. The van der Waals surface area contributed by atoms with Crippen molar-refractivity contribution in [1.82, 2.24) is 4.90 Å². The maximum Gasteiger partial charge on any atom is 0.264 e. The highest BCUT2D eigenvalue weighted by Gasteiger charge is 2.40. The first kappa shape index (κ1) is 14.6. The molecule has 2 aliphatic heterocycles. The van der Waals surface area contributed by atoms with Crippen LogP contribution in [0.2, 0.25) is 0 Å². The predicted octanol–water partition coefficient (Wildman–Crippen LogP) is 2.92. The molecule has 2 saturated heterocycles. The lowest BCUT2D eigenvalue weighted by Gasteiger charge is -2.46. The number of alkyl halides is 2. The standard InChI is InChI=1S/C16H19F2NO2/c1-19-11-6-10(7-12(19)9-21-8-11)15(20)13-4-2-3-5-14(13)16(17)18/h2-5,10-12,16H,6-9H2,1H3. The summed E-state index contributed by atoms with van der Waals surface area (Å²) < 4.78 is 31.7. The highest BCUT2D eigenvalue weighted by molar-refractivity contribution is 5.99. The molecule has 2 heterocycles. The van der Waals surface area contributed by atoms with Gasteiger partial charge in [0.1, 0.15) is 0 Å². The summed E-state index contributed by atoms with van der Waals surface area (Å²) in [6, 6.07) is 6.49.